The van der Waals surface area contributed by atoms with E-state index < -0.39 is 0 Å². The topological polar surface area (TPSA) is 43.1 Å². The maximum Gasteiger partial charge on any atom is 0.166 e. The normalized spacial score (nSPS) is 21.6. The molecule has 0 radical (unpaired) electrons. The first-order chi connectivity index (χ1) is 8.75. The predicted molar refractivity (Wildman–Crippen MR) is 72.5 cm³/mol. The molecule has 90 valence electrons. The molecule has 18 heavy (non-hydrogen) atoms. The Bertz CT molecular complexity index is 577. The number of benzene rings is 2. The van der Waals surface area contributed by atoms with Gasteiger partial charge < -0.3 is 5.73 Å². The summed E-state index contributed by atoms with van der Waals surface area (Å²) in [6, 6.07) is 17.5. The van der Waals surface area contributed by atoms with Gasteiger partial charge in [-0.25, -0.2) is 0 Å². The van der Waals surface area contributed by atoms with Crippen LogP contribution >= 0.6 is 0 Å². The van der Waals surface area contributed by atoms with E-state index in [1.807, 2.05) is 30.3 Å². The van der Waals surface area contributed by atoms with Crippen molar-refractivity contribution in [2.45, 2.75) is 12.3 Å². The third-order valence-electron chi connectivity index (χ3n) is 3.53. The van der Waals surface area contributed by atoms with Gasteiger partial charge in [-0.2, -0.15) is 0 Å². The molecule has 0 bridgehead atoms. The van der Waals surface area contributed by atoms with E-state index in [-0.39, 0.29) is 11.7 Å². The zero-order valence-corrected chi connectivity index (χ0v) is 10.0. The molecule has 2 nitrogen and oxygen atoms in total. The highest BCUT2D eigenvalue weighted by Crippen LogP contribution is 2.49. The van der Waals surface area contributed by atoms with Gasteiger partial charge in [-0.15, -0.1) is 0 Å². The molecule has 2 heteroatoms. The Hall–Kier alpha value is -2.09. The van der Waals surface area contributed by atoms with Crippen LogP contribution < -0.4 is 5.73 Å². The van der Waals surface area contributed by atoms with Gasteiger partial charge in [-0.05, 0) is 30.0 Å². The molecular weight excluding hydrogens is 222 g/mol. The average Bonchev–Trinajstić information content (AvgIpc) is 3.19. The molecule has 2 aromatic rings. The molecule has 0 aliphatic heterocycles. The number of nitrogen functional groups attached to an aromatic ring is 1. The summed E-state index contributed by atoms with van der Waals surface area (Å²) < 4.78 is 0. The van der Waals surface area contributed by atoms with Crippen LogP contribution in [0, 0.1) is 5.92 Å². The second-order valence-corrected chi connectivity index (χ2v) is 4.85. The van der Waals surface area contributed by atoms with Crippen LogP contribution in [-0.4, -0.2) is 5.78 Å². The Morgan fingerprint density at radius 2 is 1.83 bits per heavy atom. The standard InChI is InChI=1S/C16H15NO/c17-13-8-4-7-12(9-13)16(18)15-10-14(15)11-5-2-1-3-6-11/h1-9,14-15H,10,17H2. The van der Waals surface area contributed by atoms with Gasteiger partial charge in [0.25, 0.3) is 0 Å². The Morgan fingerprint density at radius 1 is 1.06 bits per heavy atom. The van der Waals surface area contributed by atoms with E-state index in [0.717, 1.165) is 12.0 Å². The number of hydrogen-bond donors (Lipinski definition) is 1. The molecule has 1 fully saturated rings. The molecule has 0 saturated heterocycles. The lowest BCUT2D eigenvalue weighted by Gasteiger charge is -2.02. The minimum Gasteiger partial charge on any atom is -0.399 e. The summed E-state index contributed by atoms with van der Waals surface area (Å²) in [6.45, 7) is 0. The average molecular weight is 237 g/mol. The van der Waals surface area contributed by atoms with E-state index in [4.69, 9.17) is 5.73 Å². The van der Waals surface area contributed by atoms with E-state index in [9.17, 15) is 4.79 Å². The summed E-state index contributed by atoms with van der Waals surface area (Å²) in [7, 11) is 0. The van der Waals surface area contributed by atoms with E-state index >= 15 is 0 Å². The van der Waals surface area contributed by atoms with Gasteiger partial charge >= 0.3 is 0 Å². The van der Waals surface area contributed by atoms with Crippen molar-refractivity contribution >= 4 is 11.5 Å². The Labute approximate surface area is 106 Å². The summed E-state index contributed by atoms with van der Waals surface area (Å²) in [5.41, 5.74) is 8.36. The molecule has 1 saturated carbocycles. The van der Waals surface area contributed by atoms with Gasteiger partial charge in [-0.3, -0.25) is 4.79 Å². The molecule has 1 aliphatic carbocycles. The number of ketones is 1. The number of Topliss-reactive ketones (excluding diaryl/α,β-unsaturated/α-hetero) is 1. The van der Waals surface area contributed by atoms with Gasteiger partial charge in [0.2, 0.25) is 0 Å². The summed E-state index contributed by atoms with van der Waals surface area (Å²) in [4.78, 5) is 12.3. The number of anilines is 1. The number of carbonyl (C=O) groups excluding carboxylic acids is 1. The van der Waals surface area contributed by atoms with Crippen molar-refractivity contribution in [1.82, 2.24) is 0 Å². The largest absolute Gasteiger partial charge is 0.399 e. The summed E-state index contributed by atoms with van der Waals surface area (Å²) in [5.74, 6) is 0.741. The molecule has 2 atom stereocenters. The maximum atomic E-state index is 12.3. The van der Waals surface area contributed by atoms with Gasteiger partial charge in [-0.1, -0.05) is 42.5 Å². The number of carbonyl (C=O) groups is 1. The first kappa shape index (κ1) is 11.0. The maximum absolute atomic E-state index is 12.3. The first-order valence-corrected chi connectivity index (χ1v) is 6.20. The monoisotopic (exact) mass is 237 g/mol. The van der Waals surface area contributed by atoms with Crippen molar-refractivity contribution in [3.8, 4) is 0 Å². The van der Waals surface area contributed by atoms with Crippen molar-refractivity contribution in [3.05, 3.63) is 65.7 Å². The third-order valence-corrected chi connectivity index (χ3v) is 3.53. The van der Waals surface area contributed by atoms with E-state index in [0.29, 0.717) is 11.6 Å². The van der Waals surface area contributed by atoms with Crippen LogP contribution in [0.5, 0.6) is 0 Å². The molecule has 3 rings (SSSR count). The van der Waals surface area contributed by atoms with Crippen molar-refractivity contribution in [3.63, 3.8) is 0 Å². The van der Waals surface area contributed by atoms with Crippen molar-refractivity contribution in [2.75, 3.05) is 5.73 Å². The highest BCUT2D eigenvalue weighted by atomic mass is 16.1. The van der Waals surface area contributed by atoms with E-state index in [2.05, 4.69) is 12.1 Å². The second-order valence-electron chi connectivity index (χ2n) is 4.85. The Kier molecular flexibility index (Phi) is 2.63. The molecule has 0 spiro atoms. The first-order valence-electron chi connectivity index (χ1n) is 6.20. The zero-order chi connectivity index (χ0) is 12.5. The lowest BCUT2D eigenvalue weighted by Crippen LogP contribution is -2.03. The fourth-order valence-electron chi connectivity index (χ4n) is 2.46. The smallest absolute Gasteiger partial charge is 0.166 e. The third kappa shape index (κ3) is 2.02. The summed E-state index contributed by atoms with van der Waals surface area (Å²) >= 11 is 0. The van der Waals surface area contributed by atoms with Crippen molar-refractivity contribution < 1.29 is 4.79 Å². The van der Waals surface area contributed by atoms with Crippen LogP contribution in [0.3, 0.4) is 0 Å². The van der Waals surface area contributed by atoms with Gasteiger partial charge in [0.05, 0.1) is 0 Å². The SMILES string of the molecule is Nc1cccc(C(=O)C2CC2c2ccccc2)c1. The fourth-order valence-corrected chi connectivity index (χ4v) is 2.46. The molecular formula is C16H15NO. The van der Waals surface area contributed by atoms with Crippen molar-refractivity contribution in [2.24, 2.45) is 5.92 Å². The second kappa shape index (κ2) is 4.30. The minimum atomic E-state index is 0.134. The van der Waals surface area contributed by atoms with Crippen LogP contribution in [-0.2, 0) is 0 Å². The highest BCUT2D eigenvalue weighted by molar-refractivity contribution is 6.00. The number of hydrogen-bond acceptors (Lipinski definition) is 2. The van der Waals surface area contributed by atoms with Crippen LogP contribution in [0.2, 0.25) is 0 Å². The Balaban J connectivity index is 1.77. The zero-order valence-electron chi connectivity index (χ0n) is 10.0. The van der Waals surface area contributed by atoms with Crippen LogP contribution in [0.1, 0.15) is 28.3 Å². The molecule has 0 aromatic heterocycles. The molecule has 2 unspecified atom stereocenters. The lowest BCUT2D eigenvalue weighted by atomic mass is 10.0. The molecule has 2 N–H and O–H groups in total. The van der Waals surface area contributed by atoms with Gasteiger partial charge in [0.15, 0.2) is 5.78 Å². The number of nitrogens with two attached hydrogens (primary N) is 1. The lowest BCUT2D eigenvalue weighted by molar-refractivity contribution is 0.0965. The van der Waals surface area contributed by atoms with Crippen LogP contribution in [0.25, 0.3) is 0 Å². The van der Waals surface area contributed by atoms with Gasteiger partial charge in [0, 0.05) is 17.2 Å². The van der Waals surface area contributed by atoms with Crippen LogP contribution in [0.4, 0.5) is 5.69 Å². The highest BCUT2D eigenvalue weighted by Gasteiger charge is 2.43. The minimum absolute atomic E-state index is 0.134. The summed E-state index contributed by atoms with van der Waals surface area (Å²) in [5, 5.41) is 0. The van der Waals surface area contributed by atoms with Crippen LogP contribution in [0.15, 0.2) is 54.6 Å². The quantitative estimate of drug-likeness (QED) is 0.657. The van der Waals surface area contributed by atoms with E-state index in [1.165, 1.54) is 5.56 Å². The summed E-state index contributed by atoms with van der Waals surface area (Å²) in [6.07, 6.45) is 0.956. The van der Waals surface area contributed by atoms with E-state index in [1.54, 1.807) is 12.1 Å². The Morgan fingerprint density at radius 3 is 2.56 bits per heavy atom. The number of rotatable bonds is 3. The predicted octanol–water partition coefficient (Wildman–Crippen LogP) is 3.26. The fraction of sp³-hybridized carbons (Fsp3) is 0.188. The molecule has 1 aliphatic rings. The molecule has 2 aromatic carbocycles. The van der Waals surface area contributed by atoms with Gasteiger partial charge in [0.1, 0.15) is 0 Å². The molecule has 0 heterocycles. The molecule has 0 amide bonds. The van der Waals surface area contributed by atoms with Crippen molar-refractivity contribution in [1.29, 1.82) is 0 Å².